The first-order chi connectivity index (χ1) is 8.75. The molecule has 5 heteroatoms. The van der Waals surface area contributed by atoms with Crippen molar-refractivity contribution in [2.24, 2.45) is 0 Å². The first-order valence-electron chi connectivity index (χ1n) is 5.67. The molecule has 0 amide bonds. The molecule has 2 rings (SSSR count). The van der Waals surface area contributed by atoms with Gasteiger partial charge < -0.3 is 10.4 Å². The Labute approximate surface area is 117 Å². The molecular weight excluding hydrogens is 264 g/mol. The number of pyridine rings is 1. The van der Waals surface area contributed by atoms with Gasteiger partial charge in [0.2, 0.25) is 0 Å². The third-order valence-corrected chi connectivity index (χ3v) is 2.58. The van der Waals surface area contributed by atoms with Gasteiger partial charge in [-0.2, -0.15) is 0 Å². The van der Waals surface area contributed by atoms with Crippen LogP contribution in [-0.2, 0) is 13.1 Å². The quantitative estimate of drug-likeness (QED) is 0.882. The predicted octanol–water partition coefficient (Wildman–Crippen LogP) is 2.49. The molecule has 0 aliphatic carbocycles. The molecule has 0 spiro atoms. The summed E-state index contributed by atoms with van der Waals surface area (Å²) in [6, 6.07) is 10.8. The maximum atomic E-state index is 10.7. The fourth-order valence-electron chi connectivity index (χ4n) is 1.62. The topological polar surface area (TPSA) is 62.2 Å². The van der Waals surface area contributed by atoms with E-state index < -0.39 is 5.97 Å². The van der Waals surface area contributed by atoms with Gasteiger partial charge >= 0.3 is 5.97 Å². The van der Waals surface area contributed by atoms with Crippen molar-refractivity contribution in [3.63, 3.8) is 0 Å². The number of carboxylic acid groups (broad SMARTS) is 1. The van der Waals surface area contributed by atoms with Gasteiger partial charge in [-0.3, -0.25) is 4.98 Å². The van der Waals surface area contributed by atoms with E-state index >= 15 is 0 Å². The molecular formula is C14H15ClN2O2. The molecule has 0 saturated heterocycles. The second-order valence-electron chi connectivity index (χ2n) is 3.97. The number of carbonyl (C=O) groups is 1. The number of hydrogen-bond acceptors (Lipinski definition) is 3. The number of halogens is 1. The number of aromatic carboxylic acids is 1. The largest absolute Gasteiger partial charge is 0.478 e. The Morgan fingerprint density at radius 3 is 2.37 bits per heavy atom. The minimum absolute atomic E-state index is 0. The lowest BCUT2D eigenvalue weighted by Crippen LogP contribution is -2.12. The zero-order valence-corrected chi connectivity index (χ0v) is 11.1. The Morgan fingerprint density at radius 1 is 1.11 bits per heavy atom. The molecule has 1 heterocycles. The van der Waals surface area contributed by atoms with Gasteiger partial charge in [0.05, 0.1) is 5.56 Å². The Morgan fingerprint density at radius 2 is 1.79 bits per heavy atom. The molecule has 4 nitrogen and oxygen atoms in total. The molecule has 0 aliphatic rings. The van der Waals surface area contributed by atoms with Gasteiger partial charge in [0.1, 0.15) is 0 Å². The van der Waals surface area contributed by atoms with Crippen LogP contribution in [0.5, 0.6) is 0 Å². The highest BCUT2D eigenvalue weighted by Gasteiger charge is 2.01. The molecule has 1 aromatic carbocycles. The molecule has 1 aromatic heterocycles. The molecule has 2 aromatic rings. The number of nitrogens with zero attached hydrogens (tertiary/aromatic N) is 1. The molecule has 0 radical (unpaired) electrons. The van der Waals surface area contributed by atoms with Crippen molar-refractivity contribution in [1.82, 2.24) is 10.3 Å². The zero-order chi connectivity index (χ0) is 12.8. The summed E-state index contributed by atoms with van der Waals surface area (Å²) in [4.78, 5) is 14.7. The zero-order valence-electron chi connectivity index (χ0n) is 10.2. The van der Waals surface area contributed by atoms with E-state index in [1.54, 1.807) is 18.3 Å². The number of rotatable bonds is 5. The van der Waals surface area contributed by atoms with Crippen LogP contribution in [0, 0.1) is 0 Å². The lowest BCUT2D eigenvalue weighted by atomic mass is 10.1. The van der Waals surface area contributed by atoms with Crippen LogP contribution in [0.15, 0.2) is 48.8 Å². The lowest BCUT2D eigenvalue weighted by Gasteiger charge is -2.05. The standard InChI is InChI=1S/C14H14N2O2.ClH/c17-14(18)13-5-3-11(4-6-13)8-16-10-12-2-1-7-15-9-12;/h1-7,9,16H,8,10H2,(H,17,18);1H. The minimum atomic E-state index is -0.898. The van der Waals surface area contributed by atoms with E-state index in [1.807, 2.05) is 30.5 Å². The molecule has 0 atom stereocenters. The van der Waals surface area contributed by atoms with Crippen LogP contribution in [0.25, 0.3) is 0 Å². The highest BCUT2D eigenvalue weighted by molar-refractivity contribution is 5.87. The molecule has 0 saturated carbocycles. The van der Waals surface area contributed by atoms with Crippen LogP contribution < -0.4 is 5.32 Å². The first-order valence-corrected chi connectivity index (χ1v) is 5.67. The lowest BCUT2D eigenvalue weighted by molar-refractivity contribution is 0.0697. The Balaban J connectivity index is 0.00000180. The van der Waals surface area contributed by atoms with Gasteiger partial charge in [-0.05, 0) is 29.3 Å². The van der Waals surface area contributed by atoms with Crippen LogP contribution in [-0.4, -0.2) is 16.1 Å². The Kier molecular flexibility index (Phi) is 5.99. The van der Waals surface area contributed by atoms with Gasteiger partial charge in [0, 0.05) is 25.5 Å². The fraction of sp³-hybridized carbons (Fsp3) is 0.143. The van der Waals surface area contributed by atoms with E-state index in [0.717, 1.165) is 17.7 Å². The average molecular weight is 279 g/mol. The van der Waals surface area contributed by atoms with Gasteiger partial charge in [-0.1, -0.05) is 18.2 Å². The van der Waals surface area contributed by atoms with Crippen molar-refractivity contribution < 1.29 is 9.90 Å². The Hall–Kier alpha value is -1.91. The van der Waals surface area contributed by atoms with Crippen LogP contribution >= 0.6 is 12.4 Å². The van der Waals surface area contributed by atoms with Crippen LogP contribution in [0.2, 0.25) is 0 Å². The van der Waals surface area contributed by atoms with Crippen LogP contribution in [0.4, 0.5) is 0 Å². The predicted molar refractivity (Wildman–Crippen MR) is 75.4 cm³/mol. The van der Waals surface area contributed by atoms with Crippen molar-refractivity contribution >= 4 is 18.4 Å². The molecule has 0 aliphatic heterocycles. The molecule has 0 unspecified atom stereocenters. The molecule has 0 fully saturated rings. The molecule has 19 heavy (non-hydrogen) atoms. The average Bonchev–Trinajstić information content (AvgIpc) is 2.40. The normalized spacial score (nSPS) is 9.68. The van der Waals surface area contributed by atoms with E-state index in [-0.39, 0.29) is 12.4 Å². The summed E-state index contributed by atoms with van der Waals surface area (Å²) in [5.74, 6) is -0.898. The number of aromatic nitrogens is 1. The highest BCUT2D eigenvalue weighted by atomic mass is 35.5. The van der Waals surface area contributed by atoms with Crippen molar-refractivity contribution in [1.29, 1.82) is 0 Å². The molecule has 2 N–H and O–H groups in total. The summed E-state index contributed by atoms with van der Waals surface area (Å²) in [5.41, 5.74) is 2.49. The van der Waals surface area contributed by atoms with Crippen LogP contribution in [0.1, 0.15) is 21.5 Å². The maximum absolute atomic E-state index is 10.7. The van der Waals surface area contributed by atoms with Crippen molar-refractivity contribution in [2.75, 3.05) is 0 Å². The van der Waals surface area contributed by atoms with E-state index in [4.69, 9.17) is 5.11 Å². The smallest absolute Gasteiger partial charge is 0.335 e. The minimum Gasteiger partial charge on any atom is -0.478 e. The van der Waals surface area contributed by atoms with E-state index in [0.29, 0.717) is 12.1 Å². The van der Waals surface area contributed by atoms with Crippen LogP contribution in [0.3, 0.4) is 0 Å². The third kappa shape index (κ3) is 4.69. The van der Waals surface area contributed by atoms with E-state index in [9.17, 15) is 4.79 Å². The summed E-state index contributed by atoms with van der Waals surface area (Å²) in [5, 5.41) is 12.1. The third-order valence-electron chi connectivity index (χ3n) is 2.58. The molecule has 100 valence electrons. The molecule has 0 bridgehead atoms. The van der Waals surface area contributed by atoms with Crippen molar-refractivity contribution in [2.45, 2.75) is 13.1 Å². The SMILES string of the molecule is Cl.O=C(O)c1ccc(CNCc2cccnc2)cc1. The van der Waals surface area contributed by atoms with Gasteiger partial charge in [0.15, 0.2) is 0 Å². The Bertz CT molecular complexity index is 515. The van der Waals surface area contributed by atoms with Crippen molar-refractivity contribution in [3.05, 3.63) is 65.5 Å². The summed E-state index contributed by atoms with van der Waals surface area (Å²) in [6.07, 6.45) is 3.56. The summed E-state index contributed by atoms with van der Waals surface area (Å²) in [7, 11) is 0. The van der Waals surface area contributed by atoms with Gasteiger partial charge in [-0.25, -0.2) is 4.79 Å². The summed E-state index contributed by atoms with van der Waals surface area (Å²) in [6.45, 7) is 1.45. The second-order valence-corrected chi connectivity index (χ2v) is 3.97. The van der Waals surface area contributed by atoms with Gasteiger partial charge in [0.25, 0.3) is 0 Å². The van der Waals surface area contributed by atoms with Gasteiger partial charge in [-0.15, -0.1) is 12.4 Å². The highest BCUT2D eigenvalue weighted by Crippen LogP contribution is 2.04. The monoisotopic (exact) mass is 278 g/mol. The number of hydrogen-bond donors (Lipinski definition) is 2. The van der Waals surface area contributed by atoms with E-state index in [1.165, 1.54) is 0 Å². The maximum Gasteiger partial charge on any atom is 0.335 e. The first kappa shape index (κ1) is 15.1. The fourth-order valence-corrected chi connectivity index (χ4v) is 1.62. The van der Waals surface area contributed by atoms with E-state index in [2.05, 4.69) is 10.3 Å². The number of nitrogens with one attached hydrogen (secondary N) is 1. The summed E-state index contributed by atoms with van der Waals surface area (Å²) >= 11 is 0. The summed E-state index contributed by atoms with van der Waals surface area (Å²) < 4.78 is 0. The number of benzene rings is 1. The number of carboxylic acids is 1. The van der Waals surface area contributed by atoms with Crippen molar-refractivity contribution in [3.8, 4) is 0 Å². The second kappa shape index (κ2) is 7.51.